The first-order chi connectivity index (χ1) is 9.99. The molecule has 0 spiro atoms. The van der Waals surface area contributed by atoms with Gasteiger partial charge in [0.1, 0.15) is 6.61 Å². The molecule has 0 aromatic heterocycles. The topological polar surface area (TPSA) is 105 Å². The molecular weight excluding hydrogens is 284 g/mol. The third kappa shape index (κ3) is 4.99. The van der Waals surface area contributed by atoms with Crippen LogP contribution in [0.5, 0.6) is 0 Å². The number of ether oxygens (including phenoxy) is 4. The van der Waals surface area contributed by atoms with Gasteiger partial charge in [0.05, 0.1) is 6.61 Å². The lowest BCUT2D eigenvalue weighted by Crippen LogP contribution is -2.44. The van der Waals surface area contributed by atoms with E-state index in [9.17, 15) is 19.2 Å². The van der Waals surface area contributed by atoms with Crippen molar-refractivity contribution in [2.45, 2.75) is 32.2 Å². The molecule has 0 aromatic rings. The highest BCUT2D eigenvalue weighted by Gasteiger charge is 2.38. The number of rotatable bonds is 6. The minimum Gasteiger partial charge on any atom is -0.461 e. The molecule has 1 aliphatic heterocycles. The van der Waals surface area contributed by atoms with Gasteiger partial charge >= 0.3 is 11.9 Å². The highest BCUT2D eigenvalue weighted by molar-refractivity contribution is 5.68. The molecule has 0 radical (unpaired) electrons. The van der Waals surface area contributed by atoms with Crippen molar-refractivity contribution in [3.8, 4) is 0 Å². The number of hydrogen-bond acceptors (Lipinski definition) is 8. The van der Waals surface area contributed by atoms with Gasteiger partial charge < -0.3 is 23.7 Å². The van der Waals surface area contributed by atoms with Crippen LogP contribution in [-0.2, 0) is 38.1 Å². The fourth-order valence-corrected chi connectivity index (χ4v) is 1.84. The zero-order valence-corrected chi connectivity index (χ0v) is 11.6. The second-order valence-corrected chi connectivity index (χ2v) is 4.22. The lowest BCUT2D eigenvalue weighted by molar-refractivity contribution is -0.167. The molecule has 8 heteroatoms. The Morgan fingerprint density at radius 3 is 2.57 bits per heavy atom. The van der Waals surface area contributed by atoms with Crippen molar-refractivity contribution in [3.63, 3.8) is 0 Å². The van der Waals surface area contributed by atoms with Gasteiger partial charge in [0.15, 0.2) is 24.6 Å². The Labute approximate surface area is 121 Å². The van der Waals surface area contributed by atoms with Gasteiger partial charge in [0.2, 0.25) is 0 Å². The van der Waals surface area contributed by atoms with E-state index in [0.717, 1.165) is 0 Å². The Morgan fingerprint density at radius 2 is 2.05 bits per heavy atom. The molecule has 0 saturated carbocycles. The van der Waals surface area contributed by atoms with Gasteiger partial charge in [0, 0.05) is 19.4 Å². The summed E-state index contributed by atoms with van der Waals surface area (Å²) in [6.07, 6.45) is -1.34. The maximum absolute atomic E-state index is 11.2. The van der Waals surface area contributed by atoms with Crippen LogP contribution in [0.25, 0.3) is 0 Å². The van der Waals surface area contributed by atoms with Crippen LogP contribution in [0.4, 0.5) is 0 Å². The highest BCUT2D eigenvalue weighted by Crippen LogP contribution is 2.22. The zero-order valence-electron chi connectivity index (χ0n) is 11.6. The van der Waals surface area contributed by atoms with Crippen LogP contribution in [0, 0.1) is 0 Å². The van der Waals surface area contributed by atoms with E-state index in [1.165, 1.54) is 19.9 Å². The predicted octanol–water partition coefficient (Wildman–Crippen LogP) is -0.453. The molecule has 0 amide bonds. The summed E-state index contributed by atoms with van der Waals surface area (Å²) >= 11 is 0. The molecule has 21 heavy (non-hydrogen) atoms. The number of esters is 2. The van der Waals surface area contributed by atoms with Crippen molar-refractivity contribution < 1.29 is 38.1 Å². The molecular formula is C13H16O8. The third-order valence-electron chi connectivity index (χ3n) is 2.70. The van der Waals surface area contributed by atoms with E-state index in [-0.39, 0.29) is 19.7 Å². The standard InChI is InChI=1S/C13H16O8/c1-8(16)19-6-10-3-4-18-11(5-14)13(20-7-15)12(10)21-9(2)17/h3,5,7,11-13H,4,6H2,1-2H3/t11-,12-,13+/m1/s1. The van der Waals surface area contributed by atoms with E-state index in [0.29, 0.717) is 11.9 Å². The lowest BCUT2D eigenvalue weighted by atomic mass is 10.0. The van der Waals surface area contributed by atoms with Crippen molar-refractivity contribution in [2.75, 3.05) is 13.2 Å². The van der Waals surface area contributed by atoms with E-state index in [1.807, 2.05) is 0 Å². The second-order valence-electron chi connectivity index (χ2n) is 4.22. The third-order valence-corrected chi connectivity index (χ3v) is 2.70. The van der Waals surface area contributed by atoms with Crippen molar-refractivity contribution >= 4 is 24.7 Å². The molecule has 1 aliphatic rings. The molecule has 0 aromatic carbocycles. The molecule has 1 rings (SSSR count). The van der Waals surface area contributed by atoms with Crippen molar-refractivity contribution in [3.05, 3.63) is 11.6 Å². The lowest BCUT2D eigenvalue weighted by Gasteiger charge is -2.27. The average Bonchev–Trinajstić information content (AvgIpc) is 2.57. The number of carbonyl (C=O) groups is 4. The first kappa shape index (κ1) is 16.8. The van der Waals surface area contributed by atoms with Gasteiger partial charge in [-0.05, 0) is 0 Å². The van der Waals surface area contributed by atoms with E-state index in [1.54, 1.807) is 0 Å². The molecule has 0 aliphatic carbocycles. The Balaban J connectivity index is 3.03. The zero-order chi connectivity index (χ0) is 15.8. The normalized spacial score (nSPS) is 25.0. The fraction of sp³-hybridized carbons (Fsp3) is 0.538. The average molecular weight is 300 g/mol. The summed E-state index contributed by atoms with van der Waals surface area (Å²) in [5, 5.41) is 0. The SMILES string of the molecule is CC(=O)OCC1=CCO[C@H](C=O)[C@H](OC=O)[C@@H]1OC(C)=O. The van der Waals surface area contributed by atoms with Gasteiger partial charge in [-0.2, -0.15) is 0 Å². The first-order valence-electron chi connectivity index (χ1n) is 6.15. The van der Waals surface area contributed by atoms with E-state index in [4.69, 9.17) is 18.9 Å². The maximum Gasteiger partial charge on any atom is 0.303 e. The fourth-order valence-electron chi connectivity index (χ4n) is 1.84. The van der Waals surface area contributed by atoms with E-state index >= 15 is 0 Å². The summed E-state index contributed by atoms with van der Waals surface area (Å²) < 4.78 is 20.0. The summed E-state index contributed by atoms with van der Waals surface area (Å²) in [5.74, 6) is -1.16. The smallest absolute Gasteiger partial charge is 0.303 e. The molecule has 116 valence electrons. The van der Waals surface area contributed by atoms with Crippen molar-refractivity contribution in [1.29, 1.82) is 0 Å². The molecule has 8 nitrogen and oxygen atoms in total. The van der Waals surface area contributed by atoms with Crippen LogP contribution in [0.2, 0.25) is 0 Å². The van der Waals surface area contributed by atoms with Crippen LogP contribution >= 0.6 is 0 Å². The van der Waals surface area contributed by atoms with Gasteiger partial charge in [-0.25, -0.2) is 0 Å². The Bertz CT molecular complexity index is 441. The summed E-state index contributed by atoms with van der Waals surface area (Å²) in [6.45, 7) is 2.39. The largest absolute Gasteiger partial charge is 0.461 e. The van der Waals surface area contributed by atoms with Crippen LogP contribution in [0.15, 0.2) is 11.6 Å². The first-order valence-corrected chi connectivity index (χ1v) is 6.15. The predicted molar refractivity (Wildman–Crippen MR) is 67.0 cm³/mol. The number of aldehydes is 1. The highest BCUT2D eigenvalue weighted by atomic mass is 16.6. The Kier molecular flexibility index (Phi) is 6.54. The summed E-state index contributed by atoms with van der Waals surface area (Å²) in [6, 6.07) is 0. The van der Waals surface area contributed by atoms with Crippen LogP contribution in [-0.4, -0.2) is 56.2 Å². The monoisotopic (exact) mass is 300 g/mol. The molecule has 3 atom stereocenters. The van der Waals surface area contributed by atoms with Gasteiger partial charge in [-0.3, -0.25) is 14.4 Å². The maximum atomic E-state index is 11.2. The molecule has 0 bridgehead atoms. The van der Waals surface area contributed by atoms with Crippen LogP contribution in [0.1, 0.15) is 13.8 Å². The Hall–Kier alpha value is -2.22. The van der Waals surface area contributed by atoms with E-state index in [2.05, 4.69) is 0 Å². The van der Waals surface area contributed by atoms with Crippen LogP contribution < -0.4 is 0 Å². The summed E-state index contributed by atoms with van der Waals surface area (Å²) in [5.41, 5.74) is 0.372. The van der Waals surface area contributed by atoms with Gasteiger partial charge in [-0.1, -0.05) is 6.08 Å². The quantitative estimate of drug-likeness (QED) is 0.281. The molecule has 0 unspecified atom stereocenters. The molecule has 0 saturated heterocycles. The van der Waals surface area contributed by atoms with E-state index < -0.39 is 30.3 Å². The Morgan fingerprint density at radius 1 is 1.33 bits per heavy atom. The molecule has 1 heterocycles. The number of hydrogen-bond donors (Lipinski definition) is 0. The molecule has 0 N–H and O–H groups in total. The number of carbonyl (C=O) groups excluding carboxylic acids is 4. The van der Waals surface area contributed by atoms with Gasteiger partial charge in [0.25, 0.3) is 6.47 Å². The van der Waals surface area contributed by atoms with Crippen molar-refractivity contribution in [1.82, 2.24) is 0 Å². The van der Waals surface area contributed by atoms with Crippen molar-refractivity contribution in [2.24, 2.45) is 0 Å². The summed E-state index contributed by atoms with van der Waals surface area (Å²) in [7, 11) is 0. The summed E-state index contributed by atoms with van der Waals surface area (Å²) in [4.78, 5) is 43.8. The minimum atomic E-state index is -1.15. The second kappa shape index (κ2) is 8.15. The van der Waals surface area contributed by atoms with Crippen LogP contribution in [0.3, 0.4) is 0 Å². The molecule has 0 fully saturated rings. The minimum absolute atomic E-state index is 0.0243. The van der Waals surface area contributed by atoms with Gasteiger partial charge in [-0.15, -0.1) is 0 Å².